The van der Waals surface area contributed by atoms with Gasteiger partial charge in [-0.1, -0.05) is 18.2 Å². The number of amides is 4. The van der Waals surface area contributed by atoms with Crippen LogP contribution in [0.15, 0.2) is 48.5 Å². The fraction of sp³-hybridized carbons (Fsp3) is 0.304. The molecule has 0 unspecified atom stereocenters. The van der Waals surface area contributed by atoms with Gasteiger partial charge in [-0.15, -0.1) is 0 Å². The van der Waals surface area contributed by atoms with Crippen molar-refractivity contribution in [2.75, 3.05) is 32.1 Å². The van der Waals surface area contributed by atoms with Gasteiger partial charge in [0.25, 0.3) is 11.8 Å². The summed E-state index contributed by atoms with van der Waals surface area (Å²) in [7, 11) is 1.54. The Balaban J connectivity index is 1.49. The molecule has 2 aromatic rings. The molecular weight excluding hydrogens is 398 g/mol. The summed E-state index contributed by atoms with van der Waals surface area (Å²) in [6.45, 7) is 2.24. The Labute approximate surface area is 180 Å². The van der Waals surface area contributed by atoms with Crippen LogP contribution in [0.25, 0.3) is 0 Å². The maximum Gasteiger partial charge on any atom is 0.261 e. The smallest absolute Gasteiger partial charge is 0.261 e. The molecule has 1 heterocycles. The third-order valence-corrected chi connectivity index (χ3v) is 5.07. The molecule has 8 nitrogen and oxygen atoms in total. The van der Waals surface area contributed by atoms with Gasteiger partial charge >= 0.3 is 0 Å². The van der Waals surface area contributed by atoms with E-state index in [0.29, 0.717) is 35.5 Å². The molecule has 8 heteroatoms. The van der Waals surface area contributed by atoms with E-state index in [4.69, 9.17) is 4.74 Å². The summed E-state index contributed by atoms with van der Waals surface area (Å²) in [4.78, 5) is 52.3. The minimum atomic E-state index is -0.335. The second-order valence-corrected chi connectivity index (χ2v) is 7.10. The van der Waals surface area contributed by atoms with E-state index in [9.17, 15) is 19.2 Å². The van der Waals surface area contributed by atoms with E-state index in [1.165, 1.54) is 9.80 Å². The molecule has 3 rings (SSSR count). The van der Waals surface area contributed by atoms with Gasteiger partial charge in [-0.25, -0.2) is 0 Å². The van der Waals surface area contributed by atoms with E-state index in [1.807, 2.05) is 0 Å². The Morgan fingerprint density at radius 1 is 1.03 bits per heavy atom. The van der Waals surface area contributed by atoms with E-state index < -0.39 is 0 Å². The fourth-order valence-corrected chi connectivity index (χ4v) is 3.44. The van der Waals surface area contributed by atoms with Crippen LogP contribution < -0.4 is 10.1 Å². The monoisotopic (exact) mass is 423 g/mol. The number of hydrogen-bond donors (Lipinski definition) is 1. The molecule has 0 saturated carbocycles. The molecule has 0 spiro atoms. The van der Waals surface area contributed by atoms with Crippen LogP contribution in [-0.2, 0) is 9.59 Å². The van der Waals surface area contributed by atoms with Crippen molar-refractivity contribution in [3.8, 4) is 5.75 Å². The predicted molar refractivity (Wildman–Crippen MR) is 115 cm³/mol. The summed E-state index contributed by atoms with van der Waals surface area (Å²) in [5.41, 5.74) is 1.37. The molecular formula is C23H25N3O5. The molecule has 0 atom stereocenters. The number of carbonyl (C=O) groups excluding carboxylic acids is 4. The molecule has 31 heavy (non-hydrogen) atoms. The van der Waals surface area contributed by atoms with E-state index in [-0.39, 0.29) is 43.1 Å². The van der Waals surface area contributed by atoms with Crippen molar-refractivity contribution >= 4 is 29.3 Å². The molecule has 162 valence electrons. The number of rotatable bonds is 9. The van der Waals surface area contributed by atoms with Crippen LogP contribution in [-0.4, -0.2) is 60.2 Å². The number of fused-ring (bicyclic) bond motifs is 1. The summed E-state index contributed by atoms with van der Waals surface area (Å²) in [5, 5.41) is 2.75. The van der Waals surface area contributed by atoms with E-state index in [0.717, 1.165) is 0 Å². The van der Waals surface area contributed by atoms with Crippen molar-refractivity contribution in [1.82, 2.24) is 9.80 Å². The summed E-state index contributed by atoms with van der Waals surface area (Å²) < 4.78 is 5.13. The molecule has 2 aromatic carbocycles. The second kappa shape index (κ2) is 9.88. The largest absolute Gasteiger partial charge is 0.497 e. The highest BCUT2D eigenvalue weighted by atomic mass is 16.5. The molecule has 0 bridgehead atoms. The summed E-state index contributed by atoms with van der Waals surface area (Å²) in [6, 6.07) is 13.6. The number of likely N-dealkylation sites (N-methyl/N-ethyl adjacent to an activating group) is 1. The molecule has 0 radical (unpaired) electrons. The summed E-state index contributed by atoms with van der Waals surface area (Å²) in [6.07, 6.45) is 0.464. The Morgan fingerprint density at radius 3 is 2.32 bits per heavy atom. The van der Waals surface area contributed by atoms with Crippen LogP contribution in [0.4, 0.5) is 5.69 Å². The maximum atomic E-state index is 12.6. The fourth-order valence-electron chi connectivity index (χ4n) is 3.44. The summed E-state index contributed by atoms with van der Waals surface area (Å²) in [5.74, 6) is -0.575. The average Bonchev–Trinajstić information content (AvgIpc) is 3.02. The molecule has 1 aliphatic rings. The zero-order valence-electron chi connectivity index (χ0n) is 17.6. The molecule has 1 aliphatic heterocycles. The van der Waals surface area contributed by atoms with Gasteiger partial charge in [0, 0.05) is 31.3 Å². The number of imide groups is 1. The van der Waals surface area contributed by atoms with Crippen LogP contribution in [0.1, 0.15) is 40.5 Å². The van der Waals surface area contributed by atoms with Crippen molar-refractivity contribution in [3.63, 3.8) is 0 Å². The van der Waals surface area contributed by atoms with Crippen LogP contribution in [0, 0.1) is 0 Å². The zero-order chi connectivity index (χ0) is 22.4. The number of nitrogens with zero attached hydrogens (tertiary/aromatic N) is 2. The van der Waals surface area contributed by atoms with Crippen molar-refractivity contribution in [2.24, 2.45) is 0 Å². The minimum absolute atomic E-state index is 0.0838. The third kappa shape index (κ3) is 5.09. The predicted octanol–water partition coefficient (Wildman–Crippen LogP) is 2.56. The van der Waals surface area contributed by atoms with Gasteiger partial charge in [0.15, 0.2) is 0 Å². The van der Waals surface area contributed by atoms with Crippen LogP contribution in [0.2, 0.25) is 0 Å². The van der Waals surface area contributed by atoms with E-state index >= 15 is 0 Å². The van der Waals surface area contributed by atoms with Crippen LogP contribution in [0.5, 0.6) is 5.75 Å². The number of ether oxygens (including phenoxy) is 1. The number of benzene rings is 2. The number of anilines is 1. The van der Waals surface area contributed by atoms with Crippen molar-refractivity contribution < 1.29 is 23.9 Å². The number of hydrogen-bond acceptors (Lipinski definition) is 5. The van der Waals surface area contributed by atoms with Gasteiger partial charge < -0.3 is 15.0 Å². The molecule has 0 saturated heterocycles. The topological polar surface area (TPSA) is 96.0 Å². The molecule has 0 fully saturated rings. The molecule has 0 aromatic heterocycles. The second-order valence-electron chi connectivity index (χ2n) is 7.10. The highest BCUT2D eigenvalue weighted by Crippen LogP contribution is 2.22. The Kier molecular flexibility index (Phi) is 7.02. The first-order valence-electron chi connectivity index (χ1n) is 10.1. The van der Waals surface area contributed by atoms with Gasteiger partial charge in [0.05, 0.1) is 24.8 Å². The lowest BCUT2D eigenvalue weighted by atomic mass is 10.1. The third-order valence-electron chi connectivity index (χ3n) is 5.07. The van der Waals surface area contributed by atoms with Crippen LogP contribution in [0.3, 0.4) is 0 Å². The lowest BCUT2D eigenvalue weighted by Gasteiger charge is -2.21. The Morgan fingerprint density at radius 2 is 1.71 bits per heavy atom. The highest BCUT2D eigenvalue weighted by molar-refractivity contribution is 6.21. The van der Waals surface area contributed by atoms with Crippen molar-refractivity contribution in [2.45, 2.75) is 19.8 Å². The van der Waals surface area contributed by atoms with Gasteiger partial charge in [0.2, 0.25) is 11.8 Å². The lowest BCUT2D eigenvalue weighted by Crippen LogP contribution is -2.38. The van der Waals surface area contributed by atoms with Crippen LogP contribution >= 0.6 is 0 Å². The van der Waals surface area contributed by atoms with E-state index in [1.54, 1.807) is 62.6 Å². The molecule has 1 N–H and O–H groups in total. The average molecular weight is 423 g/mol. The van der Waals surface area contributed by atoms with E-state index in [2.05, 4.69) is 5.32 Å². The Bertz CT molecular complexity index is 969. The Hall–Kier alpha value is -3.68. The maximum absolute atomic E-state index is 12.6. The van der Waals surface area contributed by atoms with Gasteiger partial charge in [0.1, 0.15) is 5.75 Å². The first-order valence-corrected chi connectivity index (χ1v) is 10.1. The van der Waals surface area contributed by atoms with Gasteiger partial charge in [-0.3, -0.25) is 24.1 Å². The minimum Gasteiger partial charge on any atom is -0.497 e. The number of nitrogens with one attached hydrogen (secondary N) is 1. The first-order chi connectivity index (χ1) is 14.9. The summed E-state index contributed by atoms with van der Waals surface area (Å²) >= 11 is 0. The van der Waals surface area contributed by atoms with Gasteiger partial charge in [-0.05, 0) is 37.6 Å². The van der Waals surface area contributed by atoms with Gasteiger partial charge in [-0.2, -0.15) is 0 Å². The zero-order valence-corrected chi connectivity index (χ0v) is 17.6. The quantitative estimate of drug-likeness (QED) is 0.626. The molecule has 0 aliphatic carbocycles. The molecule has 4 amide bonds. The van der Waals surface area contributed by atoms with Crippen molar-refractivity contribution in [3.05, 3.63) is 59.7 Å². The van der Waals surface area contributed by atoms with Crippen molar-refractivity contribution in [1.29, 1.82) is 0 Å². The standard InChI is InChI=1S/C23H25N3O5/c1-3-25(15-20(27)24-16-8-6-9-17(14-16)31-2)21(28)12-7-13-26-22(29)18-10-4-5-11-19(18)23(26)30/h4-6,8-11,14H,3,7,12-13,15H2,1-2H3,(H,24,27). The highest BCUT2D eigenvalue weighted by Gasteiger charge is 2.34. The SMILES string of the molecule is CCN(CC(=O)Nc1cccc(OC)c1)C(=O)CCCN1C(=O)c2ccccc2C1=O. The number of carbonyl (C=O) groups is 4. The normalized spacial score (nSPS) is 12.5. The number of methoxy groups -OCH3 is 1. The first kappa shape index (κ1) is 22.0. The lowest BCUT2D eigenvalue weighted by molar-refractivity contribution is -0.134.